The van der Waals surface area contributed by atoms with E-state index in [-0.39, 0.29) is 4.90 Å². The maximum Gasteiger partial charge on any atom is 0.238 e. The van der Waals surface area contributed by atoms with Gasteiger partial charge in [-0.25, -0.2) is 13.6 Å². The first-order valence-electron chi connectivity index (χ1n) is 8.50. The Labute approximate surface area is 167 Å². The smallest absolute Gasteiger partial charge is 0.238 e. The average Bonchev–Trinajstić information content (AvgIpc) is 3.07. The Balaban J connectivity index is 1.52. The number of primary sulfonamides is 1. The molecule has 142 valence electrons. The molecule has 1 aromatic heterocycles. The van der Waals surface area contributed by atoms with Gasteiger partial charge in [-0.05, 0) is 73.5 Å². The lowest BCUT2D eigenvalue weighted by atomic mass is 10.1. The predicted octanol–water partition coefficient (Wildman–Crippen LogP) is 4.00. The molecular formula is C20H21BrN2O3S. The molecule has 0 saturated heterocycles. The molecule has 0 amide bonds. The molecular weight excluding hydrogens is 428 g/mol. The van der Waals surface area contributed by atoms with Crippen LogP contribution in [0.2, 0.25) is 0 Å². The van der Waals surface area contributed by atoms with Crippen LogP contribution in [0.4, 0.5) is 0 Å². The fourth-order valence-corrected chi connectivity index (χ4v) is 3.80. The van der Waals surface area contributed by atoms with E-state index in [1.807, 2.05) is 24.3 Å². The number of nitrogens with one attached hydrogen (secondary N) is 1. The molecule has 5 nitrogen and oxygen atoms in total. The van der Waals surface area contributed by atoms with E-state index >= 15 is 0 Å². The van der Waals surface area contributed by atoms with Crippen molar-refractivity contribution in [2.75, 3.05) is 6.54 Å². The van der Waals surface area contributed by atoms with E-state index in [0.717, 1.165) is 45.6 Å². The van der Waals surface area contributed by atoms with Crippen LogP contribution in [0.3, 0.4) is 0 Å². The molecule has 0 unspecified atom stereocenters. The zero-order valence-corrected chi connectivity index (χ0v) is 17.3. The highest BCUT2D eigenvalue weighted by Crippen LogP contribution is 2.27. The van der Waals surface area contributed by atoms with Crippen molar-refractivity contribution in [2.45, 2.75) is 24.8 Å². The highest BCUT2D eigenvalue weighted by molar-refractivity contribution is 9.10. The van der Waals surface area contributed by atoms with Gasteiger partial charge in [0.25, 0.3) is 0 Å². The van der Waals surface area contributed by atoms with Crippen LogP contribution in [0, 0.1) is 6.92 Å². The van der Waals surface area contributed by atoms with Crippen LogP contribution in [-0.2, 0) is 23.0 Å². The Morgan fingerprint density at radius 1 is 1.07 bits per heavy atom. The molecule has 0 atom stereocenters. The third-order valence-electron chi connectivity index (χ3n) is 4.26. The molecule has 3 N–H and O–H groups in total. The number of nitrogens with two attached hydrogens (primary N) is 1. The molecule has 0 fully saturated rings. The van der Waals surface area contributed by atoms with Gasteiger partial charge >= 0.3 is 0 Å². The Kier molecular flexibility index (Phi) is 6.16. The van der Waals surface area contributed by atoms with Crippen LogP contribution in [-0.4, -0.2) is 15.0 Å². The molecule has 27 heavy (non-hydrogen) atoms. The normalized spacial score (nSPS) is 11.7. The third kappa shape index (κ3) is 5.29. The number of furan rings is 1. The summed E-state index contributed by atoms with van der Waals surface area (Å²) in [4.78, 5) is 0.130. The van der Waals surface area contributed by atoms with Gasteiger partial charge in [0.15, 0.2) is 0 Å². The first-order chi connectivity index (χ1) is 12.8. The molecule has 2 aromatic carbocycles. The summed E-state index contributed by atoms with van der Waals surface area (Å²) in [5, 5.41) is 8.44. The molecule has 0 saturated carbocycles. The zero-order chi connectivity index (χ0) is 19.4. The number of halogens is 1. The predicted molar refractivity (Wildman–Crippen MR) is 110 cm³/mol. The van der Waals surface area contributed by atoms with Gasteiger partial charge in [0.2, 0.25) is 10.0 Å². The Bertz CT molecular complexity index is 1030. The number of rotatable bonds is 7. The highest BCUT2D eigenvalue weighted by atomic mass is 79.9. The van der Waals surface area contributed by atoms with Gasteiger partial charge in [-0.1, -0.05) is 28.1 Å². The quantitative estimate of drug-likeness (QED) is 0.534. The van der Waals surface area contributed by atoms with Gasteiger partial charge in [-0.3, -0.25) is 0 Å². The molecule has 0 radical (unpaired) electrons. The lowest BCUT2D eigenvalue weighted by molar-refractivity contribution is 0.494. The SMILES string of the molecule is Cc1cc(Br)ccc1-c1ccc(CNCCc2ccc(S(N)(=O)=O)cc2)o1. The van der Waals surface area contributed by atoms with Crippen LogP contribution >= 0.6 is 15.9 Å². The molecule has 0 aliphatic carbocycles. The van der Waals surface area contributed by atoms with E-state index < -0.39 is 10.0 Å². The van der Waals surface area contributed by atoms with Crippen molar-refractivity contribution in [1.29, 1.82) is 0 Å². The van der Waals surface area contributed by atoms with Gasteiger partial charge in [0, 0.05) is 10.0 Å². The third-order valence-corrected chi connectivity index (χ3v) is 5.68. The van der Waals surface area contributed by atoms with Crippen molar-refractivity contribution in [1.82, 2.24) is 5.32 Å². The van der Waals surface area contributed by atoms with Gasteiger partial charge in [-0.15, -0.1) is 0 Å². The monoisotopic (exact) mass is 448 g/mol. The summed E-state index contributed by atoms with van der Waals surface area (Å²) in [5.74, 6) is 1.73. The van der Waals surface area contributed by atoms with Crippen molar-refractivity contribution in [2.24, 2.45) is 5.14 Å². The molecule has 1 heterocycles. The van der Waals surface area contributed by atoms with E-state index in [4.69, 9.17) is 9.56 Å². The second-order valence-electron chi connectivity index (χ2n) is 6.34. The van der Waals surface area contributed by atoms with Crippen LogP contribution in [0.1, 0.15) is 16.9 Å². The van der Waals surface area contributed by atoms with E-state index in [2.05, 4.69) is 34.2 Å². The minimum absolute atomic E-state index is 0.130. The van der Waals surface area contributed by atoms with Crippen molar-refractivity contribution in [3.63, 3.8) is 0 Å². The minimum Gasteiger partial charge on any atom is -0.460 e. The Morgan fingerprint density at radius 3 is 2.48 bits per heavy atom. The second-order valence-corrected chi connectivity index (χ2v) is 8.82. The van der Waals surface area contributed by atoms with Gasteiger partial charge in [-0.2, -0.15) is 0 Å². The topological polar surface area (TPSA) is 85.3 Å². The molecule has 7 heteroatoms. The van der Waals surface area contributed by atoms with E-state index in [0.29, 0.717) is 6.54 Å². The number of hydrogen-bond acceptors (Lipinski definition) is 4. The maximum atomic E-state index is 11.3. The summed E-state index contributed by atoms with van der Waals surface area (Å²) in [5.41, 5.74) is 3.28. The van der Waals surface area contributed by atoms with Crippen LogP contribution in [0.25, 0.3) is 11.3 Å². The zero-order valence-electron chi connectivity index (χ0n) is 14.9. The summed E-state index contributed by atoms with van der Waals surface area (Å²) in [6.45, 7) is 3.44. The maximum absolute atomic E-state index is 11.3. The molecule has 0 bridgehead atoms. The van der Waals surface area contributed by atoms with Crippen molar-refractivity contribution in [3.05, 3.63) is 76.0 Å². The van der Waals surface area contributed by atoms with E-state index in [1.165, 1.54) is 12.1 Å². The molecule has 0 aliphatic rings. The lowest BCUT2D eigenvalue weighted by Crippen LogP contribution is -2.16. The summed E-state index contributed by atoms with van der Waals surface area (Å²) < 4.78 is 29.5. The van der Waals surface area contributed by atoms with Gasteiger partial charge < -0.3 is 9.73 Å². The number of benzene rings is 2. The van der Waals surface area contributed by atoms with Crippen LogP contribution in [0.5, 0.6) is 0 Å². The van der Waals surface area contributed by atoms with Crippen molar-refractivity contribution >= 4 is 26.0 Å². The van der Waals surface area contributed by atoms with Gasteiger partial charge in [0.05, 0.1) is 11.4 Å². The fourth-order valence-electron chi connectivity index (χ4n) is 2.81. The largest absolute Gasteiger partial charge is 0.460 e. The van der Waals surface area contributed by atoms with E-state index in [9.17, 15) is 8.42 Å². The van der Waals surface area contributed by atoms with Crippen LogP contribution < -0.4 is 10.5 Å². The first-order valence-corrected chi connectivity index (χ1v) is 10.8. The molecule has 3 aromatic rings. The van der Waals surface area contributed by atoms with Crippen molar-refractivity contribution < 1.29 is 12.8 Å². The minimum atomic E-state index is -3.64. The van der Waals surface area contributed by atoms with Gasteiger partial charge in [0.1, 0.15) is 11.5 Å². The lowest BCUT2D eigenvalue weighted by Gasteiger charge is -2.05. The Hall–Kier alpha value is -1.93. The summed E-state index contributed by atoms with van der Waals surface area (Å²) in [6, 6.07) is 16.7. The molecule has 0 aliphatic heterocycles. The first kappa shape index (κ1) is 19.8. The standard InChI is InChI=1S/C20H21BrN2O3S/c1-14-12-16(21)4-8-19(14)20-9-5-17(26-20)13-23-11-10-15-2-6-18(7-3-15)27(22,24)25/h2-9,12,23H,10-11,13H2,1H3,(H2,22,24,25). The summed E-state index contributed by atoms with van der Waals surface area (Å²) in [6.07, 6.45) is 0.782. The van der Waals surface area contributed by atoms with Crippen molar-refractivity contribution in [3.8, 4) is 11.3 Å². The molecule has 0 spiro atoms. The summed E-state index contributed by atoms with van der Waals surface area (Å²) in [7, 11) is -3.64. The fraction of sp³-hybridized carbons (Fsp3) is 0.200. The summed E-state index contributed by atoms with van der Waals surface area (Å²) >= 11 is 3.47. The number of hydrogen-bond donors (Lipinski definition) is 2. The van der Waals surface area contributed by atoms with Crippen LogP contribution in [0.15, 0.2) is 68.4 Å². The Morgan fingerprint density at radius 2 is 1.81 bits per heavy atom. The number of aryl methyl sites for hydroxylation is 1. The number of sulfonamides is 1. The average molecular weight is 449 g/mol. The molecule has 3 rings (SSSR count). The van der Waals surface area contributed by atoms with E-state index in [1.54, 1.807) is 12.1 Å². The second kappa shape index (κ2) is 8.39. The highest BCUT2D eigenvalue weighted by Gasteiger charge is 2.08.